The first-order valence-electron chi connectivity index (χ1n) is 13.9. The number of imidazole rings is 2. The Balaban J connectivity index is 1.20. The van der Waals surface area contributed by atoms with Crippen LogP contribution in [-0.2, 0) is 31.0 Å². The third-order valence-electron chi connectivity index (χ3n) is 8.19. The zero-order valence-electron chi connectivity index (χ0n) is 23.2. The van der Waals surface area contributed by atoms with E-state index >= 15 is 0 Å². The van der Waals surface area contributed by atoms with E-state index in [-0.39, 0.29) is 17.7 Å². The molecule has 2 aliphatic heterocycles. The number of fused-ring (bicyclic) bond motifs is 4. The molecule has 3 aromatic heterocycles. The van der Waals surface area contributed by atoms with Crippen LogP contribution in [0, 0.1) is 0 Å². The molecular weight excluding hydrogens is 578 g/mol. The Hall–Kier alpha value is -3.64. The fourth-order valence-electron chi connectivity index (χ4n) is 5.85. The lowest BCUT2D eigenvalue weighted by Gasteiger charge is -2.34. The number of carboxylic acid groups (broad SMARTS) is 1. The van der Waals surface area contributed by atoms with E-state index in [0.717, 1.165) is 69.3 Å². The maximum absolute atomic E-state index is 11.9. The van der Waals surface area contributed by atoms with Crippen LogP contribution >= 0.6 is 22.9 Å². The quantitative estimate of drug-likeness (QED) is 0.226. The smallest absolute Gasteiger partial charge is 0.335 e. The number of methoxy groups -OCH3 is 1. The van der Waals surface area contributed by atoms with E-state index in [1.54, 1.807) is 13.2 Å². The molecule has 2 aliphatic rings. The zero-order valence-corrected chi connectivity index (χ0v) is 24.8. The van der Waals surface area contributed by atoms with Crippen molar-refractivity contribution in [3.8, 4) is 11.5 Å². The SMILES string of the molecule is COc1cc(C(=O)O)cc2c1nc(CN1CCn3c(nc4c(OCc5ccc(Cl)s5)cccc43)[C@H]1C)n2C[C@@H]1CCO1. The van der Waals surface area contributed by atoms with Gasteiger partial charge in [-0.1, -0.05) is 17.7 Å². The Kier molecular flexibility index (Phi) is 7.05. The van der Waals surface area contributed by atoms with Crippen LogP contribution in [0.4, 0.5) is 0 Å². The van der Waals surface area contributed by atoms with Crippen molar-refractivity contribution in [3.05, 3.63) is 68.9 Å². The fourth-order valence-corrected chi connectivity index (χ4v) is 6.85. The van der Waals surface area contributed by atoms with Crippen molar-refractivity contribution in [1.82, 2.24) is 24.0 Å². The Morgan fingerprint density at radius 3 is 2.69 bits per heavy atom. The summed E-state index contributed by atoms with van der Waals surface area (Å²) in [7, 11) is 1.54. The summed E-state index contributed by atoms with van der Waals surface area (Å²) in [5.41, 5.74) is 3.47. The first-order valence-corrected chi connectivity index (χ1v) is 15.1. The van der Waals surface area contributed by atoms with Gasteiger partial charge < -0.3 is 28.5 Å². The predicted octanol–water partition coefficient (Wildman–Crippen LogP) is 5.75. The molecule has 5 aromatic rings. The predicted molar refractivity (Wildman–Crippen MR) is 160 cm³/mol. The Bertz CT molecular complexity index is 1810. The first kappa shape index (κ1) is 27.2. The number of benzene rings is 2. The fraction of sp³-hybridized carbons (Fsp3) is 0.367. The number of rotatable bonds is 9. The van der Waals surface area contributed by atoms with Crippen molar-refractivity contribution >= 4 is 51.0 Å². The van der Waals surface area contributed by atoms with E-state index in [9.17, 15) is 9.90 Å². The second-order valence-electron chi connectivity index (χ2n) is 10.7. The van der Waals surface area contributed by atoms with Crippen molar-refractivity contribution in [2.24, 2.45) is 0 Å². The minimum absolute atomic E-state index is 0.0137. The maximum atomic E-state index is 11.9. The molecule has 42 heavy (non-hydrogen) atoms. The van der Waals surface area contributed by atoms with Gasteiger partial charge in [-0.05, 0) is 49.7 Å². The summed E-state index contributed by atoms with van der Waals surface area (Å²) in [4.78, 5) is 25.3. The van der Waals surface area contributed by atoms with Crippen LogP contribution in [0.15, 0.2) is 42.5 Å². The van der Waals surface area contributed by atoms with Crippen LogP contribution < -0.4 is 9.47 Å². The van der Waals surface area contributed by atoms with E-state index in [1.165, 1.54) is 17.4 Å². The summed E-state index contributed by atoms with van der Waals surface area (Å²) >= 11 is 7.61. The second-order valence-corrected chi connectivity index (χ2v) is 12.5. The number of nitrogens with zero attached hydrogens (tertiary/aromatic N) is 5. The molecule has 2 atom stereocenters. The third-order valence-corrected chi connectivity index (χ3v) is 9.40. The van der Waals surface area contributed by atoms with Gasteiger partial charge in [0.15, 0.2) is 0 Å². The summed E-state index contributed by atoms with van der Waals surface area (Å²) in [6.45, 7) is 6.10. The van der Waals surface area contributed by atoms with Crippen molar-refractivity contribution in [2.75, 3.05) is 20.3 Å². The molecule has 1 saturated heterocycles. The number of aromatic carboxylic acids is 1. The van der Waals surface area contributed by atoms with E-state index in [1.807, 2.05) is 24.3 Å². The van der Waals surface area contributed by atoms with Crippen LogP contribution in [0.5, 0.6) is 11.5 Å². The molecule has 218 valence electrons. The highest BCUT2D eigenvalue weighted by molar-refractivity contribution is 7.16. The zero-order chi connectivity index (χ0) is 29.0. The summed E-state index contributed by atoms with van der Waals surface area (Å²) in [6.07, 6.45) is 1.04. The van der Waals surface area contributed by atoms with E-state index in [4.69, 9.17) is 35.8 Å². The maximum Gasteiger partial charge on any atom is 0.335 e. The highest BCUT2D eigenvalue weighted by Crippen LogP contribution is 2.36. The topological polar surface area (TPSA) is 104 Å². The molecule has 12 heteroatoms. The highest BCUT2D eigenvalue weighted by Gasteiger charge is 2.31. The molecule has 2 aromatic carbocycles. The molecule has 0 amide bonds. The third kappa shape index (κ3) is 4.80. The molecule has 0 radical (unpaired) electrons. The first-order chi connectivity index (χ1) is 20.4. The van der Waals surface area contributed by atoms with Gasteiger partial charge in [0, 0.05) is 24.6 Å². The van der Waals surface area contributed by atoms with Crippen LogP contribution in [0.2, 0.25) is 4.34 Å². The average Bonchev–Trinajstić information content (AvgIpc) is 3.65. The average molecular weight is 608 g/mol. The summed E-state index contributed by atoms with van der Waals surface area (Å²) < 4.78 is 22.6. The molecule has 7 rings (SSSR count). The van der Waals surface area contributed by atoms with Gasteiger partial charge in [0.25, 0.3) is 0 Å². The number of thiophene rings is 1. The number of para-hydroxylation sites is 1. The van der Waals surface area contributed by atoms with Crippen molar-refractivity contribution < 1.29 is 24.1 Å². The van der Waals surface area contributed by atoms with Crippen LogP contribution in [0.3, 0.4) is 0 Å². The number of hydrogen-bond acceptors (Lipinski definition) is 8. The highest BCUT2D eigenvalue weighted by atomic mass is 35.5. The summed E-state index contributed by atoms with van der Waals surface area (Å²) in [5.74, 6) is 2.01. The monoisotopic (exact) mass is 607 g/mol. The molecule has 1 N–H and O–H groups in total. The standard InChI is InChI=1S/C30H30ClN5O5S/c1-17-29-33-27-21(4-3-5-23(27)41-16-20-6-7-25(31)42-20)35(29)10-9-34(17)15-26-32-28-22(36(26)14-19-8-11-40-19)12-18(30(37)38)13-24(28)39-2/h3-7,12-13,17,19H,8-11,14-16H2,1-2H3,(H,37,38)/t17-,19+/m1/s1. The van der Waals surface area contributed by atoms with Crippen molar-refractivity contribution in [2.45, 2.75) is 51.7 Å². The molecule has 0 bridgehead atoms. The van der Waals surface area contributed by atoms with Gasteiger partial charge in [0.1, 0.15) is 40.8 Å². The molecule has 10 nitrogen and oxygen atoms in total. The number of halogens is 1. The number of aromatic nitrogens is 4. The second kappa shape index (κ2) is 10.9. The van der Waals surface area contributed by atoms with E-state index < -0.39 is 5.97 Å². The molecule has 0 aliphatic carbocycles. The summed E-state index contributed by atoms with van der Waals surface area (Å²) in [6, 6.07) is 13.1. The molecule has 0 saturated carbocycles. The van der Waals surface area contributed by atoms with E-state index in [0.29, 0.717) is 31.0 Å². The van der Waals surface area contributed by atoms with Gasteiger partial charge in [-0.2, -0.15) is 0 Å². The number of carboxylic acids is 1. The lowest BCUT2D eigenvalue weighted by atomic mass is 10.1. The molecular formula is C30H30ClN5O5S. The van der Waals surface area contributed by atoms with Gasteiger partial charge in [-0.3, -0.25) is 4.90 Å². The number of ether oxygens (including phenoxy) is 3. The van der Waals surface area contributed by atoms with Gasteiger partial charge in [-0.25, -0.2) is 14.8 Å². The molecule has 0 spiro atoms. The van der Waals surface area contributed by atoms with Gasteiger partial charge in [-0.15, -0.1) is 11.3 Å². The van der Waals surface area contributed by atoms with Gasteiger partial charge >= 0.3 is 5.97 Å². The number of carbonyl (C=O) groups is 1. The summed E-state index contributed by atoms with van der Waals surface area (Å²) in [5, 5.41) is 9.72. The Morgan fingerprint density at radius 1 is 1.14 bits per heavy atom. The van der Waals surface area contributed by atoms with Crippen molar-refractivity contribution in [3.63, 3.8) is 0 Å². The normalized spacial score (nSPS) is 18.7. The lowest BCUT2D eigenvalue weighted by molar-refractivity contribution is -0.0592. The minimum Gasteiger partial charge on any atom is -0.494 e. The lowest BCUT2D eigenvalue weighted by Crippen LogP contribution is -2.38. The van der Waals surface area contributed by atoms with Crippen LogP contribution in [0.25, 0.3) is 22.1 Å². The van der Waals surface area contributed by atoms with Gasteiger partial charge in [0.05, 0.1) is 53.3 Å². The van der Waals surface area contributed by atoms with Crippen LogP contribution in [0.1, 0.15) is 46.3 Å². The molecule has 5 heterocycles. The Morgan fingerprint density at radius 2 is 1.98 bits per heavy atom. The minimum atomic E-state index is -1.00. The molecule has 1 fully saturated rings. The van der Waals surface area contributed by atoms with Gasteiger partial charge in [0.2, 0.25) is 0 Å². The van der Waals surface area contributed by atoms with E-state index in [2.05, 4.69) is 27.0 Å². The number of hydrogen-bond donors (Lipinski definition) is 1. The van der Waals surface area contributed by atoms with Crippen LogP contribution in [-0.4, -0.2) is 61.4 Å². The molecule has 0 unspecified atom stereocenters. The Labute approximate surface area is 251 Å². The largest absolute Gasteiger partial charge is 0.494 e. The van der Waals surface area contributed by atoms with Crippen molar-refractivity contribution in [1.29, 1.82) is 0 Å².